The molecule has 0 radical (unpaired) electrons. The second kappa shape index (κ2) is 12.2. The third-order valence-corrected chi connectivity index (χ3v) is 6.38. The number of aromatic nitrogens is 3. The van der Waals surface area contributed by atoms with Crippen LogP contribution in [-0.2, 0) is 16.4 Å². The SMILES string of the molecule is COc1ccccc1Oc1c(NS(=O)(=O)CCc2ccccc2)nc(-c2ccncc2)nc1OCCO. The van der Waals surface area contributed by atoms with Crippen molar-refractivity contribution < 1.29 is 27.7 Å². The van der Waals surface area contributed by atoms with E-state index in [0.717, 1.165) is 5.56 Å². The van der Waals surface area contributed by atoms with Crippen molar-refractivity contribution in [3.63, 3.8) is 0 Å². The summed E-state index contributed by atoms with van der Waals surface area (Å²) >= 11 is 0. The second-order valence-corrected chi connectivity index (χ2v) is 9.59. The highest BCUT2D eigenvalue weighted by Gasteiger charge is 2.24. The molecule has 0 saturated heterocycles. The second-order valence-electron chi connectivity index (χ2n) is 7.75. The number of ether oxygens (including phenoxy) is 3. The molecule has 2 N–H and O–H groups in total. The molecule has 0 atom stereocenters. The molecule has 4 aromatic rings. The summed E-state index contributed by atoms with van der Waals surface area (Å²) in [5, 5.41) is 9.36. The van der Waals surface area contributed by atoms with Crippen LogP contribution >= 0.6 is 0 Å². The van der Waals surface area contributed by atoms with Gasteiger partial charge in [-0.05, 0) is 36.2 Å². The minimum atomic E-state index is -3.87. The van der Waals surface area contributed by atoms with E-state index in [1.54, 1.807) is 48.8 Å². The number of aliphatic hydroxyl groups excluding tert-OH is 1. The van der Waals surface area contributed by atoms with Crippen molar-refractivity contribution in [2.45, 2.75) is 6.42 Å². The Balaban J connectivity index is 1.77. The van der Waals surface area contributed by atoms with E-state index in [0.29, 0.717) is 23.5 Å². The molecule has 4 rings (SSSR count). The van der Waals surface area contributed by atoms with Crippen molar-refractivity contribution in [2.75, 3.05) is 30.8 Å². The van der Waals surface area contributed by atoms with E-state index in [4.69, 9.17) is 14.2 Å². The van der Waals surface area contributed by atoms with Gasteiger partial charge in [0.15, 0.2) is 23.1 Å². The first kappa shape index (κ1) is 25.9. The summed E-state index contributed by atoms with van der Waals surface area (Å²) in [4.78, 5) is 12.9. The van der Waals surface area contributed by atoms with Crippen LogP contribution in [0.2, 0.25) is 0 Å². The average Bonchev–Trinajstić information content (AvgIpc) is 2.93. The van der Waals surface area contributed by atoms with Gasteiger partial charge in [0, 0.05) is 18.0 Å². The number of para-hydroxylation sites is 2. The van der Waals surface area contributed by atoms with Gasteiger partial charge in [-0.15, -0.1) is 0 Å². The quantitative estimate of drug-likeness (QED) is 0.286. The Hall–Kier alpha value is -4.22. The van der Waals surface area contributed by atoms with Crippen molar-refractivity contribution in [2.24, 2.45) is 0 Å². The molecule has 0 saturated carbocycles. The zero-order chi connectivity index (χ0) is 26.1. The Bertz CT molecular complexity index is 1420. The zero-order valence-electron chi connectivity index (χ0n) is 20.1. The monoisotopic (exact) mass is 522 g/mol. The Kier molecular flexibility index (Phi) is 8.49. The lowest BCUT2D eigenvalue weighted by molar-refractivity contribution is 0.192. The number of aliphatic hydroxyl groups is 1. The number of anilines is 1. The smallest absolute Gasteiger partial charge is 0.263 e. The fourth-order valence-corrected chi connectivity index (χ4v) is 4.41. The molecule has 0 spiro atoms. The summed E-state index contributed by atoms with van der Waals surface area (Å²) in [5.41, 5.74) is 1.46. The van der Waals surface area contributed by atoms with E-state index in [1.807, 2.05) is 30.3 Å². The predicted molar refractivity (Wildman–Crippen MR) is 138 cm³/mol. The summed E-state index contributed by atoms with van der Waals surface area (Å²) in [6.07, 6.45) is 3.43. The summed E-state index contributed by atoms with van der Waals surface area (Å²) in [6.45, 7) is -0.393. The van der Waals surface area contributed by atoms with Gasteiger partial charge in [0.05, 0.1) is 19.5 Å². The minimum absolute atomic E-state index is 0.0532. The van der Waals surface area contributed by atoms with Crippen molar-refractivity contribution in [3.8, 4) is 34.5 Å². The maximum atomic E-state index is 13.1. The van der Waals surface area contributed by atoms with E-state index in [1.165, 1.54) is 7.11 Å². The lowest BCUT2D eigenvalue weighted by Gasteiger charge is -2.18. The first-order valence-corrected chi connectivity index (χ1v) is 13.1. The Morgan fingerprint density at radius 1 is 0.919 bits per heavy atom. The number of methoxy groups -OCH3 is 1. The van der Waals surface area contributed by atoms with Crippen LogP contribution in [0, 0.1) is 0 Å². The van der Waals surface area contributed by atoms with Gasteiger partial charge in [0.1, 0.15) is 6.61 Å². The molecule has 0 aliphatic heterocycles. The first-order valence-electron chi connectivity index (χ1n) is 11.4. The number of nitrogens with one attached hydrogen (secondary N) is 1. The van der Waals surface area contributed by atoms with Crippen LogP contribution in [-0.4, -0.2) is 54.6 Å². The Morgan fingerprint density at radius 2 is 1.62 bits per heavy atom. The third kappa shape index (κ3) is 6.93. The number of hydrogen-bond donors (Lipinski definition) is 2. The summed E-state index contributed by atoms with van der Waals surface area (Å²) in [7, 11) is -2.38. The van der Waals surface area contributed by atoms with Crippen molar-refractivity contribution in [1.29, 1.82) is 0 Å². The first-order chi connectivity index (χ1) is 18.0. The van der Waals surface area contributed by atoms with Crippen LogP contribution in [0.5, 0.6) is 23.1 Å². The fourth-order valence-electron chi connectivity index (χ4n) is 3.37. The highest BCUT2D eigenvalue weighted by Crippen LogP contribution is 2.41. The summed E-state index contributed by atoms with van der Waals surface area (Å²) in [5.74, 6) is 0.460. The Labute approximate surface area is 215 Å². The third-order valence-electron chi connectivity index (χ3n) is 5.14. The van der Waals surface area contributed by atoms with E-state index in [-0.39, 0.29) is 42.2 Å². The standard InChI is InChI=1S/C26H26N4O6S/c1-34-21-9-5-6-10-22(21)36-23-25(30-37(32,33)18-13-19-7-3-2-4-8-19)28-24(20-11-14-27-15-12-20)29-26(23)35-17-16-31/h2-12,14-15,31H,13,16-18H2,1H3,(H,28,29,30). The van der Waals surface area contributed by atoms with Crippen LogP contribution in [0.15, 0.2) is 79.1 Å². The van der Waals surface area contributed by atoms with Gasteiger partial charge >= 0.3 is 0 Å². The molecule has 37 heavy (non-hydrogen) atoms. The van der Waals surface area contributed by atoms with Gasteiger partial charge in [-0.3, -0.25) is 9.71 Å². The molecule has 0 amide bonds. The number of hydrogen-bond acceptors (Lipinski definition) is 9. The van der Waals surface area contributed by atoms with E-state index in [2.05, 4.69) is 19.7 Å². The average molecular weight is 523 g/mol. The minimum Gasteiger partial charge on any atom is -0.493 e. The van der Waals surface area contributed by atoms with Crippen LogP contribution < -0.4 is 18.9 Å². The number of sulfonamides is 1. The summed E-state index contributed by atoms with van der Waals surface area (Å²) in [6, 6.07) is 19.5. The lowest BCUT2D eigenvalue weighted by Crippen LogP contribution is -2.20. The number of aryl methyl sites for hydroxylation is 1. The normalized spacial score (nSPS) is 11.1. The molecule has 0 aliphatic rings. The molecule has 2 aromatic carbocycles. The summed E-state index contributed by atoms with van der Waals surface area (Å²) < 4.78 is 45.9. The van der Waals surface area contributed by atoms with Crippen molar-refractivity contribution in [3.05, 3.63) is 84.7 Å². The van der Waals surface area contributed by atoms with E-state index < -0.39 is 10.0 Å². The molecule has 10 nitrogen and oxygen atoms in total. The van der Waals surface area contributed by atoms with Crippen LogP contribution in [0.25, 0.3) is 11.4 Å². The molecule has 0 unspecified atom stereocenters. The lowest BCUT2D eigenvalue weighted by atomic mass is 10.2. The molecule has 0 bridgehead atoms. The highest BCUT2D eigenvalue weighted by molar-refractivity contribution is 7.92. The fraction of sp³-hybridized carbons (Fsp3) is 0.192. The van der Waals surface area contributed by atoms with Gasteiger partial charge in [0.2, 0.25) is 15.8 Å². The molecule has 2 heterocycles. The van der Waals surface area contributed by atoms with Crippen LogP contribution in [0.1, 0.15) is 5.56 Å². The number of rotatable bonds is 12. The van der Waals surface area contributed by atoms with Crippen LogP contribution in [0.4, 0.5) is 5.82 Å². The van der Waals surface area contributed by atoms with Gasteiger partial charge in [-0.2, -0.15) is 4.98 Å². The number of benzene rings is 2. The molecule has 11 heteroatoms. The van der Waals surface area contributed by atoms with Crippen molar-refractivity contribution in [1.82, 2.24) is 15.0 Å². The van der Waals surface area contributed by atoms with Gasteiger partial charge in [-0.1, -0.05) is 42.5 Å². The molecule has 0 fully saturated rings. The maximum absolute atomic E-state index is 13.1. The number of nitrogens with zero attached hydrogens (tertiary/aromatic N) is 3. The van der Waals surface area contributed by atoms with Gasteiger partial charge in [-0.25, -0.2) is 13.4 Å². The topological polar surface area (TPSA) is 133 Å². The largest absolute Gasteiger partial charge is 0.493 e. The van der Waals surface area contributed by atoms with Gasteiger partial charge < -0.3 is 19.3 Å². The zero-order valence-corrected chi connectivity index (χ0v) is 20.9. The Morgan fingerprint density at radius 3 is 2.32 bits per heavy atom. The van der Waals surface area contributed by atoms with Crippen molar-refractivity contribution >= 4 is 15.8 Å². The maximum Gasteiger partial charge on any atom is 0.263 e. The number of pyridine rings is 1. The molecule has 192 valence electrons. The predicted octanol–water partition coefficient (Wildman–Crippen LogP) is 3.70. The molecule has 0 aliphatic carbocycles. The van der Waals surface area contributed by atoms with E-state index in [9.17, 15) is 13.5 Å². The molecular weight excluding hydrogens is 496 g/mol. The van der Waals surface area contributed by atoms with Gasteiger partial charge in [0.25, 0.3) is 5.88 Å². The highest BCUT2D eigenvalue weighted by atomic mass is 32.2. The molecular formula is C26H26N4O6S. The van der Waals surface area contributed by atoms with E-state index >= 15 is 0 Å². The molecule has 2 aromatic heterocycles. The van der Waals surface area contributed by atoms with Crippen LogP contribution in [0.3, 0.4) is 0 Å².